The first-order valence-electron chi connectivity index (χ1n) is 5.90. The van der Waals surface area contributed by atoms with Crippen LogP contribution >= 0.6 is 0 Å². The molecule has 0 saturated carbocycles. The van der Waals surface area contributed by atoms with Crippen LogP contribution in [0.25, 0.3) is 0 Å². The highest BCUT2D eigenvalue weighted by atomic mass is 32.2. The van der Waals surface area contributed by atoms with Gasteiger partial charge in [-0.1, -0.05) is 6.92 Å². The number of nitrogens with one attached hydrogen (secondary N) is 1. The minimum absolute atomic E-state index is 0.115. The first-order valence-corrected chi connectivity index (χ1v) is 9.54. The van der Waals surface area contributed by atoms with Gasteiger partial charge in [0.05, 0.1) is 17.3 Å². The van der Waals surface area contributed by atoms with Crippen LogP contribution in [0.5, 0.6) is 0 Å². The van der Waals surface area contributed by atoms with Crippen LogP contribution in [0.15, 0.2) is 0 Å². The summed E-state index contributed by atoms with van der Waals surface area (Å²) in [5.41, 5.74) is 0. The number of carbonyl (C=O) groups is 2. The number of carboxylic acid groups (broad SMARTS) is 1. The molecule has 0 bridgehead atoms. The van der Waals surface area contributed by atoms with Gasteiger partial charge in [-0.25, -0.2) is 21.6 Å². The quantitative estimate of drug-likeness (QED) is 0.543. The van der Waals surface area contributed by atoms with E-state index < -0.39 is 54.9 Å². The predicted octanol–water partition coefficient (Wildman–Crippen LogP) is -1.18. The van der Waals surface area contributed by atoms with Gasteiger partial charge in [-0.05, 0) is 6.42 Å². The lowest BCUT2D eigenvalue weighted by molar-refractivity contribution is -0.140. The smallest absolute Gasteiger partial charge is 0.327 e. The van der Waals surface area contributed by atoms with E-state index in [1.54, 1.807) is 6.92 Å². The summed E-state index contributed by atoms with van der Waals surface area (Å²) in [5.74, 6) is -4.31. The van der Waals surface area contributed by atoms with Crippen LogP contribution < -0.4 is 5.32 Å². The highest BCUT2D eigenvalue weighted by Crippen LogP contribution is 2.01. The van der Waals surface area contributed by atoms with Gasteiger partial charge in [-0.2, -0.15) is 0 Å². The van der Waals surface area contributed by atoms with Crippen LogP contribution in [-0.2, 0) is 29.3 Å². The standard InChI is InChI=1S/C10H19NO7S2/c1-3-4-19(15,16)5-6-20(17,18)7-9(10(13)14)11-8(2)12/h9H,3-7H2,1-2H3,(H,11,12)(H,13,14). The van der Waals surface area contributed by atoms with Gasteiger partial charge >= 0.3 is 5.97 Å². The summed E-state index contributed by atoms with van der Waals surface area (Å²) in [4.78, 5) is 21.6. The van der Waals surface area contributed by atoms with E-state index in [4.69, 9.17) is 5.11 Å². The molecule has 1 unspecified atom stereocenters. The van der Waals surface area contributed by atoms with Crippen molar-refractivity contribution in [3.63, 3.8) is 0 Å². The molecule has 0 saturated heterocycles. The van der Waals surface area contributed by atoms with Crippen LogP contribution in [0, 0.1) is 0 Å². The molecule has 118 valence electrons. The molecule has 0 radical (unpaired) electrons. The topological polar surface area (TPSA) is 135 Å². The number of carbonyl (C=O) groups excluding carboxylic acids is 1. The lowest BCUT2D eigenvalue weighted by Crippen LogP contribution is -2.45. The number of sulfone groups is 2. The van der Waals surface area contributed by atoms with E-state index in [2.05, 4.69) is 0 Å². The molecule has 0 spiro atoms. The first kappa shape index (κ1) is 18.8. The number of amides is 1. The molecular formula is C10H19NO7S2. The maximum absolute atomic E-state index is 11.7. The third-order valence-corrected chi connectivity index (χ3v) is 6.10. The fourth-order valence-electron chi connectivity index (χ4n) is 1.42. The summed E-state index contributed by atoms with van der Waals surface area (Å²) < 4.78 is 46.2. The van der Waals surface area contributed by atoms with E-state index in [-0.39, 0.29) is 5.75 Å². The van der Waals surface area contributed by atoms with Crippen LogP contribution in [0.4, 0.5) is 0 Å². The minimum Gasteiger partial charge on any atom is -0.480 e. The van der Waals surface area contributed by atoms with Crippen molar-refractivity contribution < 1.29 is 31.5 Å². The van der Waals surface area contributed by atoms with Crippen LogP contribution in [0.3, 0.4) is 0 Å². The number of carboxylic acids is 1. The molecule has 0 aliphatic carbocycles. The molecule has 20 heavy (non-hydrogen) atoms. The fourth-order valence-corrected chi connectivity index (χ4v) is 5.18. The average Bonchev–Trinajstić information content (AvgIpc) is 2.25. The molecule has 0 aromatic carbocycles. The Bertz CT molecular complexity index is 550. The van der Waals surface area contributed by atoms with Gasteiger partial charge < -0.3 is 10.4 Å². The molecular weight excluding hydrogens is 310 g/mol. The SMILES string of the molecule is CCCS(=O)(=O)CCS(=O)(=O)CC(NC(C)=O)C(=O)O. The lowest BCUT2D eigenvalue weighted by atomic mass is 10.3. The highest BCUT2D eigenvalue weighted by molar-refractivity contribution is 7.95. The van der Waals surface area contributed by atoms with E-state index in [9.17, 15) is 26.4 Å². The van der Waals surface area contributed by atoms with E-state index >= 15 is 0 Å². The maximum atomic E-state index is 11.7. The molecule has 1 atom stereocenters. The number of hydrogen-bond acceptors (Lipinski definition) is 6. The summed E-state index contributed by atoms with van der Waals surface area (Å²) in [6, 6.07) is -1.58. The number of aliphatic carboxylic acids is 1. The Morgan fingerprint density at radius 2 is 1.55 bits per heavy atom. The normalized spacial score (nSPS) is 13.7. The van der Waals surface area contributed by atoms with E-state index in [1.807, 2.05) is 5.32 Å². The second-order valence-corrected chi connectivity index (χ2v) is 8.89. The third kappa shape index (κ3) is 8.10. The average molecular weight is 329 g/mol. The summed E-state index contributed by atoms with van der Waals surface area (Å²) in [7, 11) is -7.36. The lowest BCUT2D eigenvalue weighted by Gasteiger charge is -2.13. The van der Waals surface area contributed by atoms with Crippen molar-refractivity contribution in [2.45, 2.75) is 26.3 Å². The Morgan fingerprint density at radius 1 is 1.05 bits per heavy atom. The molecule has 8 nitrogen and oxygen atoms in total. The van der Waals surface area contributed by atoms with Crippen molar-refractivity contribution in [3.8, 4) is 0 Å². The third-order valence-electron chi connectivity index (χ3n) is 2.32. The molecule has 0 aliphatic heterocycles. The molecule has 0 aromatic heterocycles. The zero-order valence-corrected chi connectivity index (χ0v) is 13.0. The van der Waals surface area contributed by atoms with E-state index in [0.717, 1.165) is 6.92 Å². The van der Waals surface area contributed by atoms with Crippen LogP contribution in [-0.4, -0.2) is 62.9 Å². The Morgan fingerprint density at radius 3 is 1.95 bits per heavy atom. The van der Waals surface area contributed by atoms with Crippen LogP contribution in [0.2, 0.25) is 0 Å². The summed E-state index contributed by atoms with van der Waals surface area (Å²) in [6.45, 7) is 2.72. The second kappa shape index (κ2) is 7.58. The Hall–Kier alpha value is -1.16. The zero-order chi connectivity index (χ0) is 16.0. The monoisotopic (exact) mass is 329 g/mol. The van der Waals surface area contributed by atoms with Gasteiger partial charge in [0, 0.05) is 12.7 Å². The predicted molar refractivity (Wildman–Crippen MR) is 72.8 cm³/mol. The van der Waals surface area contributed by atoms with Crippen molar-refractivity contribution >= 4 is 31.6 Å². The van der Waals surface area contributed by atoms with Gasteiger partial charge in [0.2, 0.25) is 5.91 Å². The van der Waals surface area contributed by atoms with Crippen molar-refractivity contribution in [1.82, 2.24) is 5.32 Å². The molecule has 0 fully saturated rings. The summed E-state index contributed by atoms with van der Waals surface area (Å²) in [6.07, 6.45) is 0.381. The molecule has 10 heteroatoms. The van der Waals surface area contributed by atoms with Gasteiger partial charge in [0.15, 0.2) is 19.7 Å². The molecule has 0 aliphatic rings. The van der Waals surface area contributed by atoms with E-state index in [1.165, 1.54) is 0 Å². The molecule has 0 rings (SSSR count). The van der Waals surface area contributed by atoms with Gasteiger partial charge in [0.25, 0.3) is 0 Å². The molecule has 0 heterocycles. The Labute approximate surface area is 118 Å². The molecule has 0 aromatic rings. The van der Waals surface area contributed by atoms with Crippen molar-refractivity contribution in [2.24, 2.45) is 0 Å². The maximum Gasteiger partial charge on any atom is 0.327 e. The molecule has 1 amide bonds. The number of hydrogen-bond donors (Lipinski definition) is 2. The van der Waals surface area contributed by atoms with Crippen molar-refractivity contribution in [1.29, 1.82) is 0 Å². The Kier molecular flexibility index (Phi) is 7.14. The summed E-state index contributed by atoms with van der Waals surface area (Å²) in [5, 5.41) is 10.8. The fraction of sp³-hybridized carbons (Fsp3) is 0.800. The zero-order valence-electron chi connectivity index (χ0n) is 11.3. The number of rotatable bonds is 9. The Balaban J connectivity index is 4.73. The molecule has 2 N–H and O–H groups in total. The van der Waals surface area contributed by atoms with Crippen molar-refractivity contribution in [2.75, 3.05) is 23.0 Å². The first-order chi connectivity index (χ1) is 8.99. The summed E-state index contributed by atoms with van der Waals surface area (Å²) >= 11 is 0. The van der Waals surface area contributed by atoms with Gasteiger partial charge in [0.1, 0.15) is 6.04 Å². The minimum atomic E-state index is -3.90. The second-order valence-electron chi connectivity index (χ2n) is 4.36. The van der Waals surface area contributed by atoms with Gasteiger partial charge in [-0.3, -0.25) is 4.79 Å². The largest absolute Gasteiger partial charge is 0.480 e. The van der Waals surface area contributed by atoms with Crippen molar-refractivity contribution in [3.05, 3.63) is 0 Å². The van der Waals surface area contributed by atoms with Gasteiger partial charge in [-0.15, -0.1) is 0 Å². The highest BCUT2D eigenvalue weighted by Gasteiger charge is 2.27. The van der Waals surface area contributed by atoms with E-state index in [0.29, 0.717) is 6.42 Å². The van der Waals surface area contributed by atoms with Crippen LogP contribution in [0.1, 0.15) is 20.3 Å².